The van der Waals surface area contributed by atoms with E-state index in [9.17, 15) is 9.18 Å². The Bertz CT molecular complexity index is 384. The van der Waals surface area contributed by atoms with Crippen LogP contribution in [0.2, 0.25) is 5.02 Å². The van der Waals surface area contributed by atoms with Crippen LogP contribution in [0.15, 0.2) is 24.3 Å². The zero-order valence-corrected chi connectivity index (χ0v) is 10.4. The number of hydrogen-bond acceptors (Lipinski definition) is 2. The number of benzene rings is 1. The van der Waals surface area contributed by atoms with Gasteiger partial charge in [-0.25, -0.2) is 4.39 Å². The molecule has 0 aliphatic heterocycles. The summed E-state index contributed by atoms with van der Waals surface area (Å²) in [5.74, 6) is 0.376. The highest BCUT2D eigenvalue weighted by atomic mass is 35.5. The van der Waals surface area contributed by atoms with Crippen molar-refractivity contribution in [3.63, 3.8) is 0 Å². The fourth-order valence-corrected chi connectivity index (χ4v) is 1.91. The predicted molar refractivity (Wildman–Crippen MR) is 68.2 cm³/mol. The van der Waals surface area contributed by atoms with Crippen LogP contribution in [0.3, 0.4) is 0 Å². The van der Waals surface area contributed by atoms with E-state index in [2.05, 4.69) is 0 Å². The number of halogens is 2. The maximum atomic E-state index is 13.3. The fraction of sp³-hybridized carbons (Fsp3) is 0.250. The highest BCUT2D eigenvalue weighted by Gasteiger charge is 2.01. The van der Waals surface area contributed by atoms with Crippen molar-refractivity contribution >= 4 is 34.6 Å². The summed E-state index contributed by atoms with van der Waals surface area (Å²) in [6.45, 7) is 1.53. The highest BCUT2D eigenvalue weighted by Crippen LogP contribution is 2.20. The lowest BCUT2D eigenvalue weighted by Gasteiger charge is -1.99. The van der Waals surface area contributed by atoms with E-state index in [0.717, 1.165) is 6.42 Å². The molecule has 0 aromatic heterocycles. The van der Waals surface area contributed by atoms with Gasteiger partial charge in [-0.1, -0.05) is 41.6 Å². The molecule has 0 radical (unpaired) electrons. The van der Waals surface area contributed by atoms with Gasteiger partial charge in [-0.05, 0) is 18.6 Å². The monoisotopic (exact) mass is 258 g/mol. The first-order valence-electron chi connectivity index (χ1n) is 4.85. The lowest BCUT2D eigenvalue weighted by atomic mass is 10.2. The molecule has 0 saturated carbocycles. The average molecular weight is 259 g/mol. The minimum atomic E-state index is -0.331. The molecule has 1 rings (SSSR count). The van der Waals surface area contributed by atoms with Crippen LogP contribution in [0.4, 0.5) is 4.39 Å². The molecule has 4 heteroatoms. The molecule has 0 aliphatic rings. The van der Waals surface area contributed by atoms with Gasteiger partial charge in [0.05, 0.1) is 5.02 Å². The summed E-state index contributed by atoms with van der Waals surface area (Å²) in [7, 11) is 0. The molecule has 1 aromatic rings. The molecule has 0 amide bonds. The minimum Gasteiger partial charge on any atom is -0.288 e. The Labute approximate surface area is 104 Å². The second-order valence-corrected chi connectivity index (χ2v) is 4.85. The van der Waals surface area contributed by atoms with Crippen molar-refractivity contribution < 1.29 is 9.18 Å². The van der Waals surface area contributed by atoms with Gasteiger partial charge in [-0.2, -0.15) is 0 Å². The fourth-order valence-electron chi connectivity index (χ4n) is 1.14. The van der Waals surface area contributed by atoms with Crippen molar-refractivity contribution in [3.05, 3.63) is 40.7 Å². The van der Waals surface area contributed by atoms with Crippen LogP contribution in [0.25, 0.3) is 6.08 Å². The molecule has 0 N–H and O–H groups in total. The molecule has 16 heavy (non-hydrogen) atoms. The summed E-state index contributed by atoms with van der Waals surface area (Å²) in [4.78, 5) is 10.6. The zero-order chi connectivity index (χ0) is 12.0. The van der Waals surface area contributed by atoms with Crippen molar-refractivity contribution in [2.45, 2.75) is 13.3 Å². The number of allylic oxidation sites excluding steroid dienone is 1. The van der Waals surface area contributed by atoms with Crippen LogP contribution < -0.4 is 0 Å². The lowest BCUT2D eigenvalue weighted by molar-refractivity contribution is -0.109. The Kier molecular flexibility index (Phi) is 5.56. The van der Waals surface area contributed by atoms with Crippen LogP contribution in [0.1, 0.15) is 18.9 Å². The van der Waals surface area contributed by atoms with E-state index in [1.165, 1.54) is 24.8 Å². The first-order valence-corrected chi connectivity index (χ1v) is 6.21. The van der Waals surface area contributed by atoms with Gasteiger partial charge in [-0.15, -0.1) is 0 Å². The van der Waals surface area contributed by atoms with Crippen LogP contribution >= 0.6 is 23.4 Å². The van der Waals surface area contributed by atoms with E-state index in [1.54, 1.807) is 18.2 Å². The van der Waals surface area contributed by atoms with Crippen molar-refractivity contribution in [2.75, 3.05) is 5.75 Å². The number of carbonyl (C=O) groups is 1. The molecule has 1 nitrogen and oxygen atoms in total. The largest absolute Gasteiger partial charge is 0.288 e. The number of hydrogen-bond donors (Lipinski definition) is 0. The normalized spacial score (nSPS) is 10.9. The quantitative estimate of drug-likeness (QED) is 0.755. The molecule has 0 aliphatic carbocycles. The SMILES string of the molecule is CC(=O)SCCC=Cc1c(F)cccc1Cl. The third kappa shape index (κ3) is 4.37. The smallest absolute Gasteiger partial charge is 0.185 e. The molecular formula is C12H12ClFOS. The molecule has 0 saturated heterocycles. The maximum Gasteiger partial charge on any atom is 0.185 e. The number of thioether (sulfide) groups is 1. The van der Waals surface area contributed by atoms with E-state index in [-0.39, 0.29) is 10.9 Å². The van der Waals surface area contributed by atoms with E-state index >= 15 is 0 Å². The van der Waals surface area contributed by atoms with E-state index in [1.807, 2.05) is 6.08 Å². The van der Waals surface area contributed by atoms with Crippen LogP contribution in [0, 0.1) is 5.82 Å². The van der Waals surface area contributed by atoms with Gasteiger partial charge in [0.15, 0.2) is 5.12 Å². The highest BCUT2D eigenvalue weighted by molar-refractivity contribution is 8.13. The Hall–Kier alpha value is -0.800. The Morgan fingerprint density at radius 3 is 2.94 bits per heavy atom. The second-order valence-electron chi connectivity index (χ2n) is 3.17. The zero-order valence-electron chi connectivity index (χ0n) is 8.87. The van der Waals surface area contributed by atoms with Gasteiger partial charge in [0.1, 0.15) is 5.82 Å². The first kappa shape index (κ1) is 13.3. The molecule has 0 heterocycles. The van der Waals surface area contributed by atoms with Gasteiger partial charge in [0.2, 0.25) is 0 Å². The molecule has 86 valence electrons. The molecule has 0 bridgehead atoms. The van der Waals surface area contributed by atoms with Gasteiger partial charge < -0.3 is 0 Å². The van der Waals surface area contributed by atoms with Gasteiger partial charge >= 0.3 is 0 Å². The molecule has 1 aromatic carbocycles. The Morgan fingerprint density at radius 2 is 2.31 bits per heavy atom. The Balaban J connectivity index is 2.53. The first-order chi connectivity index (χ1) is 7.61. The standard InChI is InChI=1S/C12H12ClFOS/c1-9(15)16-8-3-2-5-10-11(13)6-4-7-12(10)14/h2,4-7H,3,8H2,1H3. The van der Waals surface area contributed by atoms with Gasteiger partial charge in [0, 0.05) is 18.2 Å². The summed E-state index contributed by atoms with van der Waals surface area (Å²) in [6, 6.07) is 4.59. The number of rotatable bonds is 4. The molecule has 0 spiro atoms. The van der Waals surface area contributed by atoms with Gasteiger partial charge in [-0.3, -0.25) is 4.79 Å². The van der Waals surface area contributed by atoms with Crippen molar-refractivity contribution in [2.24, 2.45) is 0 Å². The van der Waals surface area contributed by atoms with Crippen molar-refractivity contribution in [1.82, 2.24) is 0 Å². The summed E-state index contributed by atoms with van der Waals surface area (Å²) >= 11 is 7.10. The van der Waals surface area contributed by atoms with E-state index in [0.29, 0.717) is 16.3 Å². The summed E-state index contributed by atoms with van der Waals surface area (Å²) < 4.78 is 13.3. The minimum absolute atomic E-state index is 0.0947. The number of carbonyl (C=O) groups excluding carboxylic acids is 1. The van der Waals surface area contributed by atoms with Crippen molar-refractivity contribution in [3.8, 4) is 0 Å². The molecule has 0 fully saturated rings. The maximum absolute atomic E-state index is 13.3. The Morgan fingerprint density at radius 1 is 1.56 bits per heavy atom. The molecular weight excluding hydrogens is 247 g/mol. The molecule has 0 atom stereocenters. The summed E-state index contributed by atoms with van der Waals surface area (Å²) in [5.41, 5.74) is 0.400. The third-order valence-electron chi connectivity index (χ3n) is 1.87. The third-order valence-corrected chi connectivity index (χ3v) is 3.05. The summed E-state index contributed by atoms with van der Waals surface area (Å²) in [6.07, 6.45) is 4.19. The van der Waals surface area contributed by atoms with Gasteiger partial charge in [0.25, 0.3) is 0 Å². The lowest BCUT2D eigenvalue weighted by Crippen LogP contribution is -1.85. The van der Waals surface area contributed by atoms with E-state index in [4.69, 9.17) is 11.6 Å². The average Bonchev–Trinajstić information content (AvgIpc) is 2.21. The molecule has 0 unspecified atom stereocenters. The topological polar surface area (TPSA) is 17.1 Å². The van der Waals surface area contributed by atoms with Crippen LogP contribution in [0.5, 0.6) is 0 Å². The van der Waals surface area contributed by atoms with Crippen LogP contribution in [-0.4, -0.2) is 10.9 Å². The van der Waals surface area contributed by atoms with Crippen LogP contribution in [-0.2, 0) is 4.79 Å². The van der Waals surface area contributed by atoms with Crippen molar-refractivity contribution in [1.29, 1.82) is 0 Å². The van der Waals surface area contributed by atoms with E-state index < -0.39 is 0 Å². The predicted octanol–water partition coefficient (Wildman–Crippen LogP) is 4.16. The second kappa shape index (κ2) is 6.71. The summed E-state index contributed by atoms with van der Waals surface area (Å²) in [5, 5.41) is 0.493.